The van der Waals surface area contributed by atoms with Gasteiger partial charge in [-0.25, -0.2) is 14.5 Å². The molecule has 3 aromatic heterocycles. The van der Waals surface area contributed by atoms with Crippen LogP contribution in [0.5, 0.6) is 0 Å². The Morgan fingerprint density at radius 1 is 1.15 bits per heavy atom. The highest BCUT2D eigenvalue weighted by Gasteiger charge is 2.17. The SMILES string of the molecule is Cc1c(C(=O)Nc2c[nH]c(=O)[nH]c2=O)cnn1-c1ccc2ccccc2n1. The quantitative estimate of drug-likeness (QED) is 0.507. The number of carbonyl (C=O) groups is 1. The van der Waals surface area contributed by atoms with Crippen LogP contribution in [0.4, 0.5) is 5.69 Å². The van der Waals surface area contributed by atoms with E-state index in [-0.39, 0.29) is 11.3 Å². The van der Waals surface area contributed by atoms with Crippen molar-refractivity contribution in [1.29, 1.82) is 0 Å². The van der Waals surface area contributed by atoms with Gasteiger partial charge in [0.1, 0.15) is 5.69 Å². The van der Waals surface area contributed by atoms with Crippen molar-refractivity contribution in [2.45, 2.75) is 6.92 Å². The van der Waals surface area contributed by atoms with E-state index in [1.807, 2.05) is 41.4 Å². The largest absolute Gasteiger partial charge is 0.325 e. The number of hydrogen-bond acceptors (Lipinski definition) is 5. The van der Waals surface area contributed by atoms with Gasteiger partial charge >= 0.3 is 5.69 Å². The summed E-state index contributed by atoms with van der Waals surface area (Å²) in [6.07, 6.45) is 2.55. The predicted octanol–water partition coefficient (Wildman–Crippen LogP) is 1.36. The number of rotatable bonds is 3. The summed E-state index contributed by atoms with van der Waals surface area (Å²) in [6, 6.07) is 11.4. The third kappa shape index (κ3) is 3.01. The van der Waals surface area contributed by atoms with E-state index in [9.17, 15) is 14.4 Å². The first-order chi connectivity index (χ1) is 13.0. The summed E-state index contributed by atoms with van der Waals surface area (Å²) >= 11 is 0. The van der Waals surface area contributed by atoms with E-state index in [0.29, 0.717) is 11.5 Å². The number of H-pyrrole nitrogens is 2. The molecule has 3 N–H and O–H groups in total. The van der Waals surface area contributed by atoms with Gasteiger partial charge in [-0.05, 0) is 25.1 Å². The Labute approximate surface area is 151 Å². The van der Waals surface area contributed by atoms with E-state index in [1.54, 1.807) is 11.6 Å². The summed E-state index contributed by atoms with van der Waals surface area (Å²) in [4.78, 5) is 44.2. The van der Waals surface area contributed by atoms with E-state index in [2.05, 4.69) is 20.4 Å². The van der Waals surface area contributed by atoms with Crippen LogP contribution in [0.1, 0.15) is 16.1 Å². The Morgan fingerprint density at radius 3 is 2.78 bits per heavy atom. The summed E-state index contributed by atoms with van der Waals surface area (Å²) < 4.78 is 1.55. The second-order valence-corrected chi connectivity index (χ2v) is 5.86. The second-order valence-electron chi connectivity index (χ2n) is 5.86. The van der Waals surface area contributed by atoms with Crippen LogP contribution in [-0.2, 0) is 0 Å². The first kappa shape index (κ1) is 16.5. The van der Waals surface area contributed by atoms with Crippen LogP contribution in [0.3, 0.4) is 0 Å². The molecule has 0 atom stereocenters. The van der Waals surface area contributed by atoms with E-state index in [0.717, 1.165) is 17.1 Å². The molecule has 0 radical (unpaired) electrons. The highest BCUT2D eigenvalue weighted by molar-refractivity contribution is 6.04. The lowest BCUT2D eigenvalue weighted by Gasteiger charge is -2.06. The van der Waals surface area contributed by atoms with Crippen molar-refractivity contribution in [3.05, 3.63) is 80.9 Å². The number of benzene rings is 1. The summed E-state index contributed by atoms with van der Waals surface area (Å²) in [5.74, 6) is 0.0595. The number of carbonyl (C=O) groups excluding carboxylic acids is 1. The number of aromatic nitrogens is 5. The summed E-state index contributed by atoms with van der Waals surface area (Å²) in [5.41, 5.74) is 0.274. The van der Waals surface area contributed by atoms with Crippen molar-refractivity contribution in [2.75, 3.05) is 5.32 Å². The van der Waals surface area contributed by atoms with Crippen LogP contribution in [0, 0.1) is 6.92 Å². The third-order valence-corrected chi connectivity index (χ3v) is 4.12. The zero-order valence-corrected chi connectivity index (χ0v) is 14.2. The normalized spacial score (nSPS) is 10.9. The number of nitrogens with zero attached hydrogens (tertiary/aromatic N) is 3. The van der Waals surface area contributed by atoms with Gasteiger partial charge in [-0.1, -0.05) is 18.2 Å². The number of anilines is 1. The Kier molecular flexibility index (Phi) is 3.88. The Balaban J connectivity index is 1.67. The fourth-order valence-electron chi connectivity index (χ4n) is 2.73. The Hall–Kier alpha value is -4.01. The van der Waals surface area contributed by atoms with Crippen molar-refractivity contribution in [3.63, 3.8) is 0 Å². The van der Waals surface area contributed by atoms with E-state index in [4.69, 9.17) is 0 Å². The molecular weight excluding hydrogens is 348 g/mol. The number of amides is 1. The van der Waals surface area contributed by atoms with Gasteiger partial charge in [-0.3, -0.25) is 14.6 Å². The number of fused-ring (bicyclic) bond motifs is 1. The average molecular weight is 362 g/mol. The first-order valence-corrected chi connectivity index (χ1v) is 8.07. The van der Waals surface area contributed by atoms with Crippen LogP contribution in [0.25, 0.3) is 16.7 Å². The maximum absolute atomic E-state index is 12.5. The highest BCUT2D eigenvalue weighted by atomic mass is 16.2. The molecule has 0 unspecified atom stereocenters. The van der Waals surface area contributed by atoms with Crippen molar-refractivity contribution in [3.8, 4) is 5.82 Å². The minimum atomic E-state index is -0.687. The lowest BCUT2D eigenvalue weighted by molar-refractivity contribution is 0.102. The number of hydrogen-bond donors (Lipinski definition) is 3. The molecule has 0 fully saturated rings. The summed E-state index contributed by atoms with van der Waals surface area (Å²) in [5, 5.41) is 7.71. The fourth-order valence-corrected chi connectivity index (χ4v) is 2.73. The topological polar surface area (TPSA) is 126 Å². The van der Waals surface area contributed by atoms with Gasteiger partial charge in [0.15, 0.2) is 5.82 Å². The van der Waals surface area contributed by atoms with Crippen LogP contribution in [0.2, 0.25) is 0 Å². The van der Waals surface area contributed by atoms with Crippen molar-refractivity contribution >= 4 is 22.5 Å². The average Bonchev–Trinajstić information content (AvgIpc) is 3.05. The molecule has 134 valence electrons. The van der Waals surface area contributed by atoms with E-state index in [1.165, 1.54) is 6.20 Å². The number of nitrogens with one attached hydrogen (secondary N) is 3. The molecule has 27 heavy (non-hydrogen) atoms. The van der Waals surface area contributed by atoms with Crippen molar-refractivity contribution < 1.29 is 4.79 Å². The van der Waals surface area contributed by atoms with Crippen LogP contribution in [0.15, 0.2) is 58.4 Å². The molecule has 1 aromatic carbocycles. The van der Waals surface area contributed by atoms with Gasteiger partial charge in [0.25, 0.3) is 11.5 Å². The minimum absolute atomic E-state index is 0.0596. The monoisotopic (exact) mass is 362 g/mol. The van der Waals surface area contributed by atoms with Crippen LogP contribution in [-0.4, -0.2) is 30.6 Å². The molecule has 0 aliphatic heterocycles. The van der Waals surface area contributed by atoms with Gasteiger partial charge < -0.3 is 10.3 Å². The number of para-hydroxylation sites is 1. The van der Waals surface area contributed by atoms with Crippen molar-refractivity contribution in [2.24, 2.45) is 0 Å². The Bertz CT molecular complexity index is 1280. The summed E-state index contributed by atoms with van der Waals surface area (Å²) in [7, 11) is 0. The van der Waals surface area contributed by atoms with E-state index < -0.39 is 17.2 Å². The maximum atomic E-state index is 12.5. The molecule has 0 aliphatic carbocycles. The molecule has 0 saturated carbocycles. The number of pyridine rings is 1. The molecule has 0 spiro atoms. The highest BCUT2D eigenvalue weighted by Crippen LogP contribution is 2.17. The lowest BCUT2D eigenvalue weighted by atomic mass is 10.2. The molecule has 0 aliphatic rings. The van der Waals surface area contributed by atoms with Gasteiger partial charge in [0, 0.05) is 11.6 Å². The molecule has 4 rings (SSSR count). The molecule has 0 saturated heterocycles. The first-order valence-electron chi connectivity index (χ1n) is 8.07. The fraction of sp³-hybridized carbons (Fsp3) is 0.0556. The molecule has 1 amide bonds. The second kappa shape index (κ2) is 6.37. The van der Waals surface area contributed by atoms with Gasteiger partial charge in [-0.2, -0.15) is 5.10 Å². The molecule has 0 bridgehead atoms. The standard InChI is InChI=1S/C18H14N6O3/c1-10-12(16(25)22-14-9-19-18(27)23-17(14)26)8-20-24(10)15-7-6-11-4-2-3-5-13(11)21-15/h2-9H,1H3,(H,22,25)(H2,19,23,26,27). The molecular formula is C18H14N6O3. The van der Waals surface area contributed by atoms with Gasteiger partial charge in [0.2, 0.25) is 0 Å². The zero-order valence-electron chi connectivity index (χ0n) is 14.2. The minimum Gasteiger partial charge on any atom is -0.316 e. The Morgan fingerprint density at radius 2 is 1.96 bits per heavy atom. The van der Waals surface area contributed by atoms with Gasteiger partial charge in [0.05, 0.1) is 23.0 Å². The smallest absolute Gasteiger partial charge is 0.316 e. The maximum Gasteiger partial charge on any atom is 0.325 e. The van der Waals surface area contributed by atoms with Crippen LogP contribution < -0.4 is 16.6 Å². The third-order valence-electron chi connectivity index (χ3n) is 4.12. The molecule has 3 heterocycles. The van der Waals surface area contributed by atoms with Gasteiger partial charge in [-0.15, -0.1) is 0 Å². The van der Waals surface area contributed by atoms with E-state index >= 15 is 0 Å². The summed E-state index contributed by atoms with van der Waals surface area (Å²) in [6.45, 7) is 1.73. The lowest BCUT2D eigenvalue weighted by Crippen LogP contribution is -2.26. The molecule has 4 aromatic rings. The van der Waals surface area contributed by atoms with Crippen molar-refractivity contribution in [1.82, 2.24) is 24.7 Å². The van der Waals surface area contributed by atoms with Crippen LogP contribution >= 0.6 is 0 Å². The molecule has 9 heteroatoms. The zero-order chi connectivity index (χ0) is 19.0. The molecule has 9 nitrogen and oxygen atoms in total. The predicted molar refractivity (Wildman–Crippen MR) is 99.2 cm³/mol. The number of aromatic amines is 2.